The zero-order valence-corrected chi connectivity index (χ0v) is 15.0. The Kier molecular flexibility index (Phi) is 5.38. The summed E-state index contributed by atoms with van der Waals surface area (Å²) < 4.78 is 5.71. The van der Waals surface area contributed by atoms with Crippen molar-refractivity contribution in [1.29, 1.82) is 5.26 Å². The molecule has 0 atom stereocenters. The van der Waals surface area contributed by atoms with Crippen LogP contribution in [0.3, 0.4) is 0 Å². The molecule has 3 rings (SSSR count). The van der Waals surface area contributed by atoms with E-state index in [1.165, 1.54) is 30.3 Å². The number of carboxylic acids is 1. The van der Waals surface area contributed by atoms with Crippen LogP contribution in [0.5, 0.6) is 0 Å². The van der Waals surface area contributed by atoms with Gasteiger partial charge in [0.05, 0.1) is 5.56 Å². The summed E-state index contributed by atoms with van der Waals surface area (Å²) >= 11 is 0. The first-order valence-corrected chi connectivity index (χ1v) is 8.39. The molecular formula is C22H16N2O4. The maximum absolute atomic E-state index is 12.3. The van der Waals surface area contributed by atoms with Gasteiger partial charge < -0.3 is 14.8 Å². The topological polar surface area (TPSA) is 103 Å². The average Bonchev–Trinajstić information content (AvgIpc) is 3.15. The van der Waals surface area contributed by atoms with Crippen molar-refractivity contribution in [3.63, 3.8) is 0 Å². The lowest BCUT2D eigenvalue weighted by Gasteiger charge is -2.04. The third-order valence-corrected chi connectivity index (χ3v) is 4.00. The SMILES string of the molecule is Cc1ccc(-c2ccc(C=C(C#N)C(=O)Nc3ccc(C(=O)O)cc3)o2)cc1. The van der Waals surface area contributed by atoms with E-state index in [2.05, 4.69) is 5.32 Å². The summed E-state index contributed by atoms with van der Waals surface area (Å²) in [6, 6.07) is 18.8. The fourth-order valence-corrected chi connectivity index (χ4v) is 2.49. The summed E-state index contributed by atoms with van der Waals surface area (Å²) in [4.78, 5) is 23.2. The maximum Gasteiger partial charge on any atom is 0.335 e. The number of hydrogen-bond donors (Lipinski definition) is 2. The number of hydrogen-bond acceptors (Lipinski definition) is 4. The van der Waals surface area contributed by atoms with Crippen molar-refractivity contribution < 1.29 is 19.1 Å². The van der Waals surface area contributed by atoms with Crippen LogP contribution in [-0.4, -0.2) is 17.0 Å². The number of carbonyl (C=O) groups is 2. The molecule has 0 fully saturated rings. The fraction of sp³-hybridized carbons (Fsp3) is 0.0455. The van der Waals surface area contributed by atoms with Crippen molar-refractivity contribution >= 4 is 23.6 Å². The first kappa shape index (κ1) is 18.7. The van der Waals surface area contributed by atoms with Crippen LogP contribution < -0.4 is 5.32 Å². The second kappa shape index (κ2) is 8.06. The number of anilines is 1. The van der Waals surface area contributed by atoms with Crippen molar-refractivity contribution in [2.45, 2.75) is 6.92 Å². The second-order valence-electron chi connectivity index (χ2n) is 6.07. The highest BCUT2D eigenvalue weighted by atomic mass is 16.4. The zero-order chi connectivity index (χ0) is 20.1. The number of nitriles is 1. The average molecular weight is 372 g/mol. The Labute approximate surface area is 161 Å². The van der Waals surface area contributed by atoms with Gasteiger partial charge in [-0.25, -0.2) is 4.79 Å². The maximum atomic E-state index is 12.3. The number of aromatic carboxylic acids is 1. The highest BCUT2D eigenvalue weighted by Crippen LogP contribution is 2.24. The minimum atomic E-state index is -1.06. The number of nitrogens with zero attached hydrogens (tertiary/aromatic N) is 1. The summed E-state index contributed by atoms with van der Waals surface area (Å²) in [7, 11) is 0. The molecule has 6 heteroatoms. The van der Waals surface area contributed by atoms with Crippen molar-refractivity contribution in [3.05, 3.63) is 83.1 Å². The molecule has 28 heavy (non-hydrogen) atoms. The molecule has 0 bridgehead atoms. The molecule has 138 valence electrons. The third-order valence-electron chi connectivity index (χ3n) is 4.00. The first-order chi connectivity index (χ1) is 13.5. The van der Waals surface area contributed by atoms with Crippen LogP contribution in [0.1, 0.15) is 21.7 Å². The van der Waals surface area contributed by atoms with E-state index in [1.807, 2.05) is 37.3 Å². The molecule has 0 saturated carbocycles. The summed E-state index contributed by atoms with van der Waals surface area (Å²) in [5.74, 6) is -0.659. The number of rotatable bonds is 5. The quantitative estimate of drug-likeness (QED) is 0.507. The second-order valence-corrected chi connectivity index (χ2v) is 6.07. The Morgan fingerprint density at radius 3 is 2.32 bits per heavy atom. The van der Waals surface area contributed by atoms with E-state index in [0.29, 0.717) is 17.2 Å². The summed E-state index contributed by atoms with van der Waals surface area (Å²) in [6.07, 6.45) is 1.36. The molecule has 1 heterocycles. The number of furan rings is 1. The minimum Gasteiger partial charge on any atom is -0.478 e. The van der Waals surface area contributed by atoms with Crippen LogP contribution in [-0.2, 0) is 4.79 Å². The summed E-state index contributed by atoms with van der Waals surface area (Å²) in [6.45, 7) is 1.99. The van der Waals surface area contributed by atoms with E-state index >= 15 is 0 Å². The van der Waals surface area contributed by atoms with Crippen LogP contribution in [0.15, 0.2) is 70.7 Å². The largest absolute Gasteiger partial charge is 0.478 e. The van der Waals surface area contributed by atoms with E-state index in [4.69, 9.17) is 9.52 Å². The normalized spacial score (nSPS) is 10.9. The number of carboxylic acid groups (broad SMARTS) is 1. The van der Waals surface area contributed by atoms with E-state index in [0.717, 1.165) is 11.1 Å². The van der Waals surface area contributed by atoms with Crippen molar-refractivity contribution in [1.82, 2.24) is 0 Å². The lowest BCUT2D eigenvalue weighted by Crippen LogP contribution is -2.13. The van der Waals surface area contributed by atoms with Gasteiger partial charge >= 0.3 is 5.97 Å². The molecule has 1 aromatic heterocycles. The van der Waals surface area contributed by atoms with Gasteiger partial charge in [-0.2, -0.15) is 5.26 Å². The first-order valence-electron chi connectivity index (χ1n) is 8.39. The van der Waals surface area contributed by atoms with E-state index in [1.54, 1.807) is 12.1 Å². The molecule has 1 amide bonds. The van der Waals surface area contributed by atoms with Gasteiger partial charge in [0.25, 0.3) is 5.91 Å². The minimum absolute atomic E-state index is 0.105. The monoisotopic (exact) mass is 372 g/mol. The molecule has 0 saturated heterocycles. The molecule has 0 radical (unpaired) electrons. The predicted octanol–water partition coefficient (Wildman–Crippen LogP) is 4.50. The van der Waals surface area contributed by atoms with Gasteiger partial charge in [0, 0.05) is 17.3 Å². The standard InChI is InChI=1S/C22H16N2O4/c1-14-2-4-15(5-3-14)20-11-10-19(28-20)12-17(13-23)21(25)24-18-8-6-16(7-9-18)22(26)27/h2-12H,1H3,(H,24,25)(H,26,27). The van der Waals surface area contributed by atoms with Gasteiger partial charge in [0.1, 0.15) is 23.2 Å². The zero-order valence-electron chi connectivity index (χ0n) is 15.0. The predicted molar refractivity (Wildman–Crippen MR) is 105 cm³/mol. The summed E-state index contributed by atoms with van der Waals surface area (Å²) in [5.41, 5.74) is 2.39. The molecule has 0 aliphatic rings. The van der Waals surface area contributed by atoms with Crippen LogP contribution in [0.4, 0.5) is 5.69 Å². The lowest BCUT2D eigenvalue weighted by atomic mass is 10.1. The molecule has 3 aromatic rings. The van der Waals surface area contributed by atoms with E-state index < -0.39 is 11.9 Å². The number of carbonyl (C=O) groups excluding carboxylic acids is 1. The number of benzene rings is 2. The Morgan fingerprint density at radius 2 is 1.71 bits per heavy atom. The smallest absolute Gasteiger partial charge is 0.335 e. The molecule has 0 unspecified atom stereocenters. The van der Waals surface area contributed by atoms with Gasteiger partial charge in [-0.3, -0.25) is 4.79 Å². The fourth-order valence-electron chi connectivity index (χ4n) is 2.49. The van der Waals surface area contributed by atoms with Crippen LogP contribution >= 0.6 is 0 Å². The van der Waals surface area contributed by atoms with Crippen LogP contribution in [0.2, 0.25) is 0 Å². The molecule has 6 nitrogen and oxygen atoms in total. The molecular weight excluding hydrogens is 356 g/mol. The van der Waals surface area contributed by atoms with Crippen LogP contribution in [0, 0.1) is 18.3 Å². The molecule has 0 aliphatic carbocycles. The highest BCUT2D eigenvalue weighted by molar-refractivity contribution is 6.09. The van der Waals surface area contributed by atoms with E-state index in [9.17, 15) is 14.9 Å². The molecule has 0 spiro atoms. The van der Waals surface area contributed by atoms with E-state index in [-0.39, 0.29) is 11.1 Å². The number of nitrogens with one attached hydrogen (secondary N) is 1. The Hall–Kier alpha value is -4.11. The van der Waals surface area contributed by atoms with Gasteiger partial charge in [-0.1, -0.05) is 29.8 Å². The van der Waals surface area contributed by atoms with Gasteiger partial charge in [-0.05, 0) is 43.3 Å². The third kappa shape index (κ3) is 4.34. The van der Waals surface area contributed by atoms with Gasteiger partial charge in [0.2, 0.25) is 0 Å². The van der Waals surface area contributed by atoms with Crippen LogP contribution in [0.25, 0.3) is 17.4 Å². The Bertz CT molecular complexity index is 1080. The Balaban J connectivity index is 1.76. The molecule has 2 aromatic carbocycles. The Morgan fingerprint density at radius 1 is 1.04 bits per heavy atom. The van der Waals surface area contributed by atoms with Crippen molar-refractivity contribution in [3.8, 4) is 17.4 Å². The number of aryl methyl sites for hydroxylation is 1. The lowest BCUT2D eigenvalue weighted by molar-refractivity contribution is -0.112. The number of amides is 1. The van der Waals surface area contributed by atoms with Crippen molar-refractivity contribution in [2.24, 2.45) is 0 Å². The van der Waals surface area contributed by atoms with Crippen molar-refractivity contribution in [2.75, 3.05) is 5.32 Å². The summed E-state index contributed by atoms with van der Waals surface area (Å²) in [5, 5.41) is 20.8. The van der Waals surface area contributed by atoms with Gasteiger partial charge in [-0.15, -0.1) is 0 Å². The highest BCUT2D eigenvalue weighted by Gasteiger charge is 2.12. The molecule has 2 N–H and O–H groups in total. The van der Waals surface area contributed by atoms with Gasteiger partial charge in [0.15, 0.2) is 0 Å². The molecule has 0 aliphatic heterocycles.